The van der Waals surface area contributed by atoms with E-state index in [0.717, 1.165) is 11.3 Å². The van der Waals surface area contributed by atoms with Crippen LogP contribution in [0.25, 0.3) is 11.3 Å². The highest BCUT2D eigenvalue weighted by Gasteiger charge is 2.18. The van der Waals surface area contributed by atoms with E-state index in [1.54, 1.807) is 18.3 Å². The predicted molar refractivity (Wildman–Crippen MR) is 98.1 cm³/mol. The molecular formula is C19H19N3O4. The van der Waals surface area contributed by atoms with Crippen LogP contribution in [-0.2, 0) is 0 Å². The molecule has 0 saturated carbocycles. The Morgan fingerprint density at radius 2 is 1.58 bits per heavy atom. The molecule has 0 fully saturated rings. The SMILES string of the molecule is COc1cc(OC)c(C(=O)Nc2ccc(-c3ccn[nH]3)cc2)cc1OC. The fraction of sp³-hybridized carbons (Fsp3) is 0.158. The van der Waals surface area contributed by atoms with E-state index in [9.17, 15) is 4.79 Å². The van der Waals surface area contributed by atoms with Gasteiger partial charge in [-0.3, -0.25) is 9.89 Å². The van der Waals surface area contributed by atoms with Crippen LogP contribution in [0.3, 0.4) is 0 Å². The highest BCUT2D eigenvalue weighted by Crippen LogP contribution is 2.35. The van der Waals surface area contributed by atoms with Crippen molar-refractivity contribution in [1.29, 1.82) is 0 Å². The van der Waals surface area contributed by atoms with Crippen LogP contribution in [0.15, 0.2) is 48.7 Å². The van der Waals surface area contributed by atoms with E-state index in [-0.39, 0.29) is 5.91 Å². The summed E-state index contributed by atoms with van der Waals surface area (Å²) in [6.45, 7) is 0. The fourth-order valence-corrected chi connectivity index (χ4v) is 2.55. The van der Waals surface area contributed by atoms with Gasteiger partial charge in [-0.2, -0.15) is 5.10 Å². The van der Waals surface area contributed by atoms with Crippen LogP contribution in [0, 0.1) is 0 Å². The maximum absolute atomic E-state index is 12.7. The van der Waals surface area contributed by atoms with Gasteiger partial charge in [0.15, 0.2) is 11.5 Å². The maximum Gasteiger partial charge on any atom is 0.259 e. The second-order valence-electron chi connectivity index (χ2n) is 5.41. The number of amides is 1. The lowest BCUT2D eigenvalue weighted by Crippen LogP contribution is -2.13. The van der Waals surface area contributed by atoms with Gasteiger partial charge in [0, 0.05) is 24.0 Å². The number of carbonyl (C=O) groups excluding carboxylic acids is 1. The van der Waals surface area contributed by atoms with Gasteiger partial charge >= 0.3 is 0 Å². The van der Waals surface area contributed by atoms with Gasteiger partial charge in [-0.1, -0.05) is 12.1 Å². The number of hydrogen-bond acceptors (Lipinski definition) is 5. The summed E-state index contributed by atoms with van der Waals surface area (Å²) in [6.07, 6.45) is 1.69. The van der Waals surface area contributed by atoms with E-state index < -0.39 is 0 Å². The van der Waals surface area contributed by atoms with Crippen molar-refractivity contribution in [3.63, 3.8) is 0 Å². The zero-order valence-electron chi connectivity index (χ0n) is 14.7. The number of anilines is 1. The lowest BCUT2D eigenvalue weighted by atomic mass is 10.1. The summed E-state index contributed by atoms with van der Waals surface area (Å²) < 4.78 is 15.8. The number of carbonyl (C=O) groups is 1. The van der Waals surface area contributed by atoms with Crippen LogP contribution >= 0.6 is 0 Å². The second kappa shape index (κ2) is 7.60. The van der Waals surface area contributed by atoms with Crippen molar-refractivity contribution >= 4 is 11.6 Å². The molecule has 0 spiro atoms. The van der Waals surface area contributed by atoms with Gasteiger partial charge in [0.2, 0.25) is 0 Å². The fourth-order valence-electron chi connectivity index (χ4n) is 2.55. The molecule has 0 aliphatic heterocycles. The Labute approximate surface area is 150 Å². The molecule has 3 aromatic rings. The topological polar surface area (TPSA) is 85.5 Å². The lowest BCUT2D eigenvalue weighted by molar-refractivity contribution is 0.102. The first kappa shape index (κ1) is 17.3. The molecule has 0 radical (unpaired) electrons. The number of aromatic nitrogens is 2. The highest BCUT2D eigenvalue weighted by atomic mass is 16.5. The zero-order chi connectivity index (χ0) is 18.5. The van der Waals surface area contributed by atoms with Gasteiger partial charge in [0.25, 0.3) is 5.91 Å². The van der Waals surface area contributed by atoms with Crippen molar-refractivity contribution in [2.45, 2.75) is 0 Å². The van der Waals surface area contributed by atoms with Crippen molar-refractivity contribution < 1.29 is 19.0 Å². The summed E-state index contributed by atoms with van der Waals surface area (Å²) >= 11 is 0. The molecule has 26 heavy (non-hydrogen) atoms. The molecule has 0 aliphatic rings. The molecule has 0 aliphatic carbocycles. The molecule has 3 rings (SSSR count). The van der Waals surface area contributed by atoms with Gasteiger partial charge in [-0.15, -0.1) is 0 Å². The Bertz CT molecular complexity index is 890. The maximum atomic E-state index is 12.7. The van der Waals surface area contributed by atoms with Crippen LogP contribution < -0.4 is 19.5 Å². The molecule has 1 heterocycles. The summed E-state index contributed by atoms with van der Waals surface area (Å²) in [4.78, 5) is 12.7. The first-order chi connectivity index (χ1) is 12.7. The number of methoxy groups -OCH3 is 3. The second-order valence-corrected chi connectivity index (χ2v) is 5.41. The average molecular weight is 353 g/mol. The summed E-state index contributed by atoms with van der Waals surface area (Å²) in [5, 5.41) is 9.68. The predicted octanol–water partition coefficient (Wildman–Crippen LogP) is 3.35. The van der Waals surface area contributed by atoms with Crippen LogP contribution in [0.5, 0.6) is 17.2 Å². The van der Waals surface area contributed by atoms with E-state index in [0.29, 0.717) is 28.5 Å². The Balaban J connectivity index is 1.83. The van der Waals surface area contributed by atoms with Crippen LogP contribution in [0.2, 0.25) is 0 Å². The molecule has 0 bridgehead atoms. The van der Waals surface area contributed by atoms with Crippen molar-refractivity contribution in [3.05, 3.63) is 54.2 Å². The normalized spacial score (nSPS) is 10.3. The minimum absolute atomic E-state index is 0.308. The van der Waals surface area contributed by atoms with E-state index in [1.165, 1.54) is 21.3 Å². The first-order valence-electron chi connectivity index (χ1n) is 7.87. The molecule has 2 N–H and O–H groups in total. The number of aromatic amines is 1. The minimum Gasteiger partial charge on any atom is -0.496 e. The van der Waals surface area contributed by atoms with Gasteiger partial charge in [0.1, 0.15) is 5.75 Å². The van der Waals surface area contributed by atoms with Crippen LogP contribution in [0.4, 0.5) is 5.69 Å². The molecule has 0 saturated heterocycles. The van der Waals surface area contributed by atoms with Crippen molar-refractivity contribution in [3.8, 4) is 28.5 Å². The van der Waals surface area contributed by atoms with E-state index in [4.69, 9.17) is 14.2 Å². The Kier molecular flexibility index (Phi) is 5.07. The number of nitrogens with one attached hydrogen (secondary N) is 2. The monoisotopic (exact) mass is 353 g/mol. The van der Waals surface area contributed by atoms with E-state index >= 15 is 0 Å². The third-order valence-corrected chi connectivity index (χ3v) is 3.90. The number of ether oxygens (including phenoxy) is 3. The standard InChI is InChI=1S/C19H19N3O4/c1-24-16-11-18(26-3)17(25-2)10-14(16)19(23)21-13-6-4-12(5-7-13)15-8-9-20-22-15/h4-11H,1-3H3,(H,20,22)(H,21,23). The quantitative estimate of drug-likeness (QED) is 0.710. The van der Waals surface area contributed by atoms with E-state index in [1.807, 2.05) is 30.3 Å². The molecule has 0 atom stereocenters. The number of hydrogen-bond donors (Lipinski definition) is 2. The lowest BCUT2D eigenvalue weighted by Gasteiger charge is -2.14. The minimum atomic E-state index is -0.308. The molecule has 7 nitrogen and oxygen atoms in total. The van der Waals surface area contributed by atoms with Gasteiger partial charge in [0.05, 0.1) is 32.6 Å². The third kappa shape index (κ3) is 3.46. The third-order valence-electron chi connectivity index (χ3n) is 3.90. The number of benzene rings is 2. The molecule has 2 aromatic carbocycles. The zero-order valence-corrected chi connectivity index (χ0v) is 14.7. The number of rotatable bonds is 6. The van der Waals surface area contributed by atoms with E-state index in [2.05, 4.69) is 15.5 Å². The van der Waals surface area contributed by atoms with Gasteiger partial charge in [-0.05, 0) is 23.8 Å². The summed E-state index contributed by atoms with van der Waals surface area (Å²) in [6, 6.07) is 12.5. The molecule has 134 valence electrons. The van der Waals surface area contributed by atoms with Gasteiger partial charge < -0.3 is 19.5 Å². The van der Waals surface area contributed by atoms with Crippen molar-refractivity contribution in [2.24, 2.45) is 0 Å². The Morgan fingerprint density at radius 3 is 2.15 bits per heavy atom. The molecule has 1 aromatic heterocycles. The highest BCUT2D eigenvalue weighted by molar-refractivity contribution is 6.06. The first-order valence-corrected chi connectivity index (χ1v) is 7.87. The molecule has 0 unspecified atom stereocenters. The number of H-pyrrole nitrogens is 1. The van der Waals surface area contributed by atoms with Crippen molar-refractivity contribution in [2.75, 3.05) is 26.6 Å². The Morgan fingerprint density at radius 1 is 0.923 bits per heavy atom. The Hall–Kier alpha value is -3.48. The summed E-state index contributed by atoms with van der Waals surface area (Å²) in [5.41, 5.74) is 2.89. The van der Waals surface area contributed by atoms with Crippen molar-refractivity contribution in [1.82, 2.24) is 10.2 Å². The summed E-state index contributed by atoms with van der Waals surface area (Å²) in [7, 11) is 4.54. The summed E-state index contributed by atoms with van der Waals surface area (Å²) in [5.74, 6) is 1.03. The average Bonchev–Trinajstić information content (AvgIpc) is 3.22. The smallest absolute Gasteiger partial charge is 0.259 e. The van der Waals surface area contributed by atoms with Crippen LogP contribution in [0.1, 0.15) is 10.4 Å². The molecule has 1 amide bonds. The van der Waals surface area contributed by atoms with Crippen LogP contribution in [-0.4, -0.2) is 37.4 Å². The molecule has 7 heteroatoms. The number of nitrogens with zero attached hydrogens (tertiary/aromatic N) is 1. The van der Waals surface area contributed by atoms with Gasteiger partial charge in [-0.25, -0.2) is 0 Å². The molecular weight excluding hydrogens is 334 g/mol. The largest absolute Gasteiger partial charge is 0.496 e.